The van der Waals surface area contributed by atoms with Crippen LogP contribution >= 0.6 is 0 Å². The molecule has 20 heavy (non-hydrogen) atoms. The summed E-state index contributed by atoms with van der Waals surface area (Å²) < 4.78 is 0. The summed E-state index contributed by atoms with van der Waals surface area (Å²) in [6, 6.07) is 7.79. The zero-order valence-corrected chi connectivity index (χ0v) is 12.6. The first-order valence-electron chi connectivity index (χ1n) is 7.35. The van der Waals surface area contributed by atoms with Gasteiger partial charge in [0.1, 0.15) is 0 Å². The fourth-order valence-corrected chi connectivity index (χ4v) is 1.99. The molecule has 4 nitrogen and oxygen atoms in total. The van der Waals surface area contributed by atoms with Crippen LogP contribution in [0.5, 0.6) is 0 Å². The summed E-state index contributed by atoms with van der Waals surface area (Å²) in [4.78, 5) is 14.1. The number of anilines is 1. The molecule has 0 aliphatic heterocycles. The van der Waals surface area contributed by atoms with Crippen molar-refractivity contribution in [2.24, 2.45) is 0 Å². The molecule has 4 heteroatoms. The number of nitrogens with one attached hydrogen (secondary N) is 1. The molecule has 0 bridgehead atoms. The summed E-state index contributed by atoms with van der Waals surface area (Å²) >= 11 is 0. The largest absolute Gasteiger partial charge is 0.396 e. The second-order valence-corrected chi connectivity index (χ2v) is 5.12. The smallest absolute Gasteiger partial charge is 0.238 e. The van der Waals surface area contributed by atoms with Gasteiger partial charge in [0, 0.05) is 18.8 Å². The van der Waals surface area contributed by atoms with Gasteiger partial charge < -0.3 is 10.4 Å². The molecule has 0 spiro atoms. The number of nitrogens with zero attached hydrogens (tertiary/aromatic N) is 1. The van der Waals surface area contributed by atoms with Crippen LogP contribution in [0.1, 0.15) is 31.7 Å². The van der Waals surface area contributed by atoms with Gasteiger partial charge >= 0.3 is 0 Å². The molecule has 0 heterocycles. The molecule has 0 fully saturated rings. The maximum absolute atomic E-state index is 12.0. The van der Waals surface area contributed by atoms with Gasteiger partial charge in [0.2, 0.25) is 5.91 Å². The highest BCUT2D eigenvalue weighted by atomic mass is 16.3. The van der Waals surface area contributed by atoms with Gasteiger partial charge in [-0.25, -0.2) is 0 Å². The van der Waals surface area contributed by atoms with Crippen molar-refractivity contribution in [3.05, 3.63) is 29.8 Å². The molecular weight excluding hydrogens is 252 g/mol. The Morgan fingerprint density at radius 3 is 2.45 bits per heavy atom. The molecule has 0 radical (unpaired) electrons. The van der Waals surface area contributed by atoms with E-state index in [-0.39, 0.29) is 12.5 Å². The highest BCUT2D eigenvalue weighted by molar-refractivity contribution is 5.92. The van der Waals surface area contributed by atoms with E-state index in [1.54, 1.807) is 0 Å². The van der Waals surface area contributed by atoms with E-state index < -0.39 is 0 Å². The van der Waals surface area contributed by atoms with Crippen molar-refractivity contribution in [2.45, 2.75) is 33.1 Å². The molecule has 0 unspecified atom stereocenters. The summed E-state index contributed by atoms with van der Waals surface area (Å²) in [7, 11) is 0. The number of carbonyl (C=O) groups is 1. The molecule has 0 saturated carbocycles. The molecule has 1 aromatic carbocycles. The summed E-state index contributed by atoms with van der Waals surface area (Å²) in [5.74, 6) is 0.00268. The predicted molar refractivity (Wildman–Crippen MR) is 82.9 cm³/mol. The van der Waals surface area contributed by atoms with Crippen molar-refractivity contribution in [3.8, 4) is 0 Å². The van der Waals surface area contributed by atoms with Crippen LogP contribution in [0.15, 0.2) is 24.3 Å². The second-order valence-electron chi connectivity index (χ2n) is 5.12. The third-order valence-corrected chi connectivity index (χ3v) is 3.16. The number of amides is 1. The van der Waals surface area contributed by atoms with Crippen molar-refractivity contribution in [2.75, 3.05) is 31.6 Å². The Kier molecular flexibility index (Phi) is 7.92. The molecule has 112 valence electrons. The Balaban J connectivity index is 2.45. The molecule has 1 rings (SSSR count). The number of hydrogen-bond donors (Lipinski definition) is 2. The summed E-state index contributed by atoms with van der Waals surface area (Å²) in [5.41, 5.74) is 2.01. The third kappa shape index (κ3) is 6.68. The van der Waals surface area contributed by atoms with Crippen LogP contribution in [0.25, 0.3) is 0 Å². The maximum atomic E-state index is 12.0. The number of aryl methyl sites for hydroxylation is 1. The molecule has 0 aliphatic carbocycles. The van der Waals surface area contributed by atoms with Crippen LogP contribution in [0.2, 0.25) is 0 Å². The van der Waals surface area contributed by atoms with E-state index in [4.69, 9.17) is 5.11 Å². The first kappa shape index (κ1) is 16.7. The highest BCUT2D eigenvalue weighted by Gasteiger charge is 2.10. The van der Waals surface area contributed by atoms with E-state index in [1.807, 2.05) is 31.2 Å². The number of unbranched alkanes of at least 4 members (excludes halogenated alkanes) is 1. The van der Waals surface area contributed by atoms with E-state index in [0.29, 0.717) is 13.0 Å². The fourth-order valence-electron chi connectivity index (χ4n) is 1.99. The lowest BCUT2D eigenvalue weighted by molar-refractivity contribution is -0.117. The van der Waals surface area contributed by atoms with Gasteiger partial charge in [-0.1, -0.05) is 31.0 Å². The number of aliphatic hydroxyl groups excluding tert-OH is 1. The predicted octanol–water partition coefficient (Wildman–Crippen LogP) is 2.42. The Hall–Kier alpha value is -1.39. The van der Waals surface area contributed by atoms with Crippen molar-refractivity contribution in [1.29, 1.82) is 0 Å². The van der Waals surface area contributed by atoms with Crippen LogP contribution in [0.3, 0.4) is 0 Å². The van der Waals surface area contributed by atoms with Crippen LogP contribution in [0.4, 0.5) is 5.69 Å². The average molecular weight is 278 g/mol. The summed E-state index contributed by atoms with van der Waals surface area (Å²) in [6.07, 6.45) is 2.89. The minimum absolute atomic E-state index is 0.00268. The highest BCUT2D eigenvalue weighted by Crippen LogP contribution is 2.08. The van der Waals surface area contributed by atoms with E-state index in [9.17, 15) is 4.79 Å². The summed E-state index contributed by atoms with van der Waals surface area (Å²) in [6.45, 7) is 6.37. The Morgan fingerprint density at radius 2 is 1.85 bits per heavy atom. The first-order valence-corrected chi connectivity index (χ1v) is 7.35. The van der Waals surface area contributed by atoms with Crippen molar-refractivity contribution >= 4 is 11.6 Å². The van der Waals surface area contributed by atoms with Crippen LogP contribution < -0.4 is 5.32 Å². The molecule has 2 N–H and O–H groups in total. The lowest BCUT2D eigenvalue weighted by atomic mass is 10.2. The van der Waals surface area contributed by atoms with E-state index >= 15 is 0 Å². The zero-order valence-electron chi connectivity index (χ0n) is 12.6. The second kappa shape index (κ2) is 9.50. The Morgan fingerprint density at radius 1 is 1.20 bits per heavy atom. The van der Waals surface area contributed by atoms with Gasteiger partial charge in [0.15, 0.2) is 0 Å². The standard InChI is InChI=1S/C16H26N2O2/c1-3-4-10-18(11-5-12-19)13-16(20)17-15-8-6-14(2)7-9-15/h6-9,19H,3-5,10-13H2,1-2H3,(H,17,20). The number of carbonyl (C=O) groups excluding carboxylic acids is 1. The van der Waals surface area contributed by atoms with Gasteiger partial charge in [-0.05, 0) is 38.4 Å². The molecule has 0 atom stereocenters. The van der Waals surface area contributed by atoms with E-state index in [1.165, 1.54) is 5.56 Å². The first-order chi connectivity index (χ1) is 9.65. The van der Waals surface area contributed by atoms with E-state index in [2.05, 4.69) is 17.1 Å². The van der Waals surface area contributed by atoms with Crippen LogP contribution in [-0.2, 0) is 4.79 Å². The third-order valence-electron chi connectivity index (χ3n) is 3.16. The van der Waals surface area contributed by atoms with Gasteiger partial charge in [-0.3, -0.25) is 9.69 Å². The topological polar surface area (TPSA) is 52.6 Å². The summed E-state index contributed by atoms with van der Waals surface area (Å²) in [5, 5.41) is 11.8. The monoisotopic (exact) mass is 278 g/mol. The number of aliphatic hydroxyl groups is 1. The molecule has 0 saturated heterocycles. The van der Waals surface area contributed by atoms with Gasteiger partial charge in [0.25, 0.3) is 0 Å². The minimum atomic E-state index is 0.00268. The number of hydrogen-bond acceptors (Lipinski definition) is 3. The van der Waals surface area contributed by atoms with Crippen molar-refractivity contribution in [1.82, 2.24) is 4.90 Å². The Labute approximate surface area is 121 Å². The minimum Gasteiger partial charge on any atom is -0.396 e. The zero-order chi connectivity index (χ0) is 14.8. The van der Waals surface area contributed by atoms with Gasteiger partial charge in [-0.15, -0.1) is 0 Å². The molecule has 0 aliphatic rings. The van der Waals surface area contributed by atoms with Crippen molar-refractivity contribution < 1.29 is 9.90 Å². The number of benzene rings is 1. The molecule has 0 aromatic heterocycles. The molecule has 1 aromatic rings. The molecular formula is C16H26N2O2. The van der Waals surface area contributed by atoms with Gasteiger partial charge in [-0.2, -0.15) is 0 Å². The fraction of sp³-hybridized carbons (Fsp3) is 0.562. The molecule has 1 amide bonds. The Bertz CT molecular complexity index is 382. The SMILES string of the molecule is CCCCN(CCCO)CC(=O)Nc1ccc(C)cc1. The van der Waals surface area contributed by atoms with E-state index in [0.717, 1.165) is 31.6 Å². The normalized spacial score (nSPS) is 10.8. The average Bonchev–Trinajstić information content (AvgIpc) is 2.44. The lowest BCUT2D eigenvalue weighted by Crippen LogP contribution is -2.35. The number of rotatable bonds is 9. The van der Waals surface area contributed by atoms with Crippen LogP contribution in [-0.4, -0.2) is 42.2 Å². The quantitative estimate of drug-likeness (QED) is 0.729. The lowest BCUT2D eigenvalue weighted by Gasteiger charge is -2.21. The van der Waals surface area contributed by atoms with Crippen molar-refractivity contribution in [3.63, 3.8) is 0 Å². The van der Waals surface area contributed by atoms with Gasteiger partial charge in [0.05, 0.1) is 6.54 Å². The van der Waals surface area contributed by atoms with Crippen LogP contribution in [0, 0.1) is 6.92 Å². The maximum Gasteiger partial charge on any atom is 0.238 e.